The fraction of sp³-hybridized carbons (Fsp3) is 0.286. The van der Waals surface area contributed by atoms with Crippen molar-refractivity contribution in [1.82, 2.24) is 9.13 Å². The Kier molecular flexibility index (Phi) is 8.63. The van der Waals surface area contributed by atoms with Crippen LogP contribution in [0.2, 0.25) is 0 Å². The maximum Gasteiger partial charge on any atom is 0.203 e. The summed E-state index contributed by atoms with van der Waals surface area (Å²) < 4.78 is 15.1. The van der Waals surface area contributed by atoms with Gasteiger partial charge in [0.1, 0.15) is 0 Å². The standard InChI is InChI=1S/C28H31N3O4.BrH/c1-18(2)34-25-14-21(15-26(27(25)33)35-19(3)4)24(32)17-31-23-13-9-8-12-22(23)30(28(31)29)16-20-10-6-5-7-11-20;/h5-15,18-19,29,33H,16-17H2,1-4H3;1H. The molecule has 36 heavy (non-hydrogen) atoms. The highest BCUT2D eigenvalue weighted by molar-refractivity contribution is 8.93. The molecule has 0 fully saturated rings. The van der Waals surface area contributed by atoms with Crippen LogP contribution in [0.25, 0.3) is 11.0 Å². The van der Waals surface area contributed by atoms with Crippen molar-refractivity contribution in [2.45, 2.75) is 53.0 Å². The lowest BCUT2D eigenvalue weighted by Gasteiger charge is -2.17. The topological polar surface area (TPSA) is 89.5 Å². The molecule has 1 heterocycles. The molecule has 0 atom stereocenters. The number of phenols is 1. The molecule has 190 valence electrons. The minimum Gasteiger partial charge on any atom is -0.502 e. The molecular formula is C28H32BrN3O4. The molecule has 0 saturated heterocycles. The summed E-state index contributed by atoms with van der Waals surface area (Å²) in [5.74, 6) is 0.0544. The number of imidazole rings is 1. The lowest BCUT2D eigenvalue weighted by Crippen LogP contribution is -2.27. The predicted molar refractivity (Wildman–Crippen MR) is 146 cm³/mol. The molecule has 3 aromatic carbocycles. The molecule has 0 aliphatic rings. The van der Waals surface area contributed by atoms with Crippen LogP contribution in [-0.4, -0.2) is 32.2 Å². The minimum absolute atomic E-state index is 0. The van der Waals surface area contributed by atoms with Crippen molar-refractivity contribution in [3.05, 3.63) is 83.5 Å². The first kappa shape index (κ1) is 27.1. The van der Waals surface area contributed by atoms with Gasteiger partial charge in [-0.05, 0) is 57.5 Å². The van der Waals surface area contributed by atoms with E-state index >= 15 is 0 Å². The maximum atomic E-state index is 13.5. The molecule has 0 bridgehead atoms. The summed E-state index contributed by atoms with van der Waals surface area (Å²) in [5.41, 5.74) is 3.34. The second-order valence-electron chi connectivity index (χ2n) is 9.05. The van der Waals surface area contributed by atoms with E-state index in [9.17, 15) is 9.90 Å². The number of benzene rings is 3. The van der Waals surface area contributed by atoms with Crippen LogP contribution in [0.1, 0.15) is 43.6 Å². The molecule has 0 spiro atoms. The first-order valence-electron chi connectivity index (χ1n) is 11.7. The van der Waals surface area contributed by atoms with Gasteiger partial charge >= 0.3 is 0 Å². The molecule has 0 unspecified atom stereocenters. The minimum atomic E-state index is -0.215. The number of ketones is 1. The number of nitrogens with one attached hydrogen (secondary N) is 1. The van der Waals surface area contributed by atoms with Gasteiger partial charge in [-0.3, -0.25) is 10.2 Å². The Balaban J connectivity index is 0.00000361. The van der Waals surface area contributed by atoms with Gasteiger partial charge in [0, 0.05) is 5.56 Å². The summed E-state index contributed by atoms with van der Waals surface area (Å²) in [6.45, 7) is 7.89. The number of carbonyl (C=O) groups excluding carboxylic acids is 1. The molecule has 0 aliphatic carbocycles. The summed E-state index contributed by atoms with van der Waals surface area (Å²) in [7, 11) is 0. The second-order valence-corrected chi connectivity index (χ2v) is 9.05. The van der Waals surface area contributed by atoms with Crippen molar-refractivity contribution in [3.63, 3.8) is 0 Å². The number of rotatable bonds is 9. The molecule has 4 aromatic rings. The normalized spacial score (nSPS) is 11.1. The Hall–Kier alpha value is -3.52. The van der Waals surface area contributed by atoms with Gasteiger partial charge < -0.3 is 23.7 Å². The smallest absolute Gasteiger partial charge is 0.203 e. The molecular weight excluding hydrogens is 522 g/mol. The Morgan fingerprint density at radius 3 is 1.89 bits per heavy atom. The number of aromatic nitrogens is 2. The van der Waals surface area contributed by atoms with Gasteiger partial charge in [-0.25, -0.2) is 0 Å². The highest BCUT2D eigenvalue weighted by Gasteiger charge is 2.20. The van der Waals surface area contributed by atoms with E-state index in [1.165, 1.54) is 12.1 Å². The summed E-state index contributed by atoms with van der Waals surface area (Å²) in [4.78, 5) is 13.5. The van der Waals surface area contributed by atoms with E-state index in [4.69, 9.17) is 14.9 Å². The summed E-state index contributed by atoms with van der Waals surface area (Å²) in [5, 5.41) is 19.5. The Labute approximate surface area is 221 Å². The number of ether oxygens (including phenoxy) is 2. The summed E-state index contributed by atoms with van der Waals surface area (Å²) in [6, 6.07) is 20.7. The number of halogens is 1. The average Bonchev–Trinajstić information content (AvgIpc) is 3.07. The van der Waals surface area contributed by atoms with Crippen molar-refractivity contribution < 1.29 is 19.4 Å². The Morgan fingerprint density at radius 1 is 0.861 bits per heavy atom. The van der Waals surface area contributed by atoms with E-state index in [2.05, 4.69) is 0 Å². The van der Waals surface area contributed by atoms with Gasteiger partial charge in [0.2, 0.25) is 11.4 Å². The van der Waals surface area contributed by atoms with Gasteiger partial charge in [0.25, 0.3) is 0 Å². The number of carbonyl (C=O) groups is 1. The number of aromatic hydroxyl groups is 1. The summed E-state index contributed by atoms with van der Waals surface area (Å²) >= 11 is 0. The number of para-hydroxylation sites is 2. The van der Waals surface area contributed by atoms with Crippen molar-refractivity contribution in [1.29, 1.82) is 5.41 Å². The highest BCUT2D eigenvalue weighted by atomic mass is 79.9. The summed E-state index contributed by atoms with van der Waals surface area (Å²) in [6.07, 6.45) is -0.383. The molecule has 8 heteroatoms. The van der Waals surface area contributed by atoms with Crippen molar-refractivity contribution in [2.24, 2.45) is 0 Å². The van der Waals surface area contributed by atoms with Crippen molar-refractivity contribution >= 4 is 33.8 Å². The van der Waals surface area contributed by atoms with Gasteiger partial charge in [0.05, 0.1) is 36.3 Å². The van der Waals surface area contributed by atoms with Crippen LogP contribution in [0.4, 0.5) is 0 Å². The fourth-order valence-electron chi connectivity index (χ4n) is 4.05. The lowest BCUT2D eigenvalue weighted by atomic mass is 10.1. The number of hydrogen-bond acceptors (Lipinski definition) is 5. The van der Waals surface area contributed by atoms with Crippen LogP contribution in [0.3, 0.4) is 0 Å². The number of Topliss-reactive ketones (excluding diaryl/α,β-unsaturated/α-hetero) is 1. The van der Waals surface area contributed by atoms with E-state index in [1.807, 2.05) is 86.9 Å². The first-order chi connectivity index (χ1) is 16.7. The van der Waals surface area contributed by atoms with Gasteiger partial charge in [0.15, 0.2) is 17.3 Å². The van der Waals surface area contributed by atoms with Crippen LogP contribution >= 0.6 is 17.0 Å². The van der Waals surface area contributed by atoms with Crippen molar-refractivity contribution in [2.75, 3.05) is 0 Å². The fourth-order valence-corrected chi connectivity index (χ4v) is 4.05. The second kappa shape index (κ2) is 11.5. The number of hydrogen-bond donors (Lipinski definition) is 2. The van der Waals surface area contributed by atoms with Crippen LogP contribution < -0.4 is 15.1 Å². The molecule has 0 amide bonds. The van der Waals surface area contributed by atoms with Crippen LogP contribution in [0, 0.1) is 5.41 Å². The van der Waals surface area contributed by atoms with E-state index in [-0.39, 0.29) is 64.4 Å². The van der Waals surface area contributed by atoms with Crippen LogP contribution in [-0.2, 0) is 13.1 Å². The first-order valence-corrected chi connectivity index (χ1v) is 11.7. The number of nitrogens with zero attached hydrogens (tertiary/aromatic N) is 2. The van der Waals surface area contributed by atoms with E-state index in [1.54, 1.807) is 4.57 Å². The third-order valence-electron chi connectivity index (χ3n) is 5.55. The zero-order chi connectivity index (χ0) is 25.1. The number of fused-ring (bicyclic) bond motifs is 1. The Bertz CT molecular complexity index is 1380. The number of phenolic OH excluding ortho intramolecular Hbond substituents is 1. The molecule has 2 N–H and O–H groups in total. The maximum absolute atomic E-state index is 13.5. The molecule has 4 rings (SSSR count). The molecule has 0 aliphatic heterocycles. The molecule has 0 radical (unpaired) electrons. The van der Waals surface area contributed by atoms with Gasteiger partial charge in [-0.1, -0.05) is 42.5 Å². The van der Waals surface area contributed by atoms with Gasteiger partial charge in [-0.2, -0.15) is 0 Å². The van der Waals surface area contributed by atoms with Crippen LogP contribution in [0.15, 0.2) is 66.7 Å². The SMILES string of the molecule is Br.CC(C)Oc1cc(C(=O)Cn2c(=N)n(Cc3ccccc3)c3ccccc32)cc(OC(C)C)c1O. The van der Waals surface area contributed by atoms with E-state index < -0.39 is 0 Å². The van der Waals surface area contributed by atoms with E-state index in [0.717, 1.165) is 16.6 Å². The zero-order valence-electron chi connectivity index (χ0n) is 20.9. The quantitative estimate of drug-likeness (QED) is 0.260. The van der Waals surface area contributed by atoms with Crippen molar-refractivity contribution in [3.8, 4) is 17.2 Å². The third kappa shape index (κ3) is 5.82. The monoisotopic (exact) mass is 553 g/mol. The zero-order valence-corrected chi connectivity index (χ0v) is 22.6. The predicted octanol–water partition coefficient (Wildman–Crippen LogP) is 5.71. The molecule has 7 nitrogen and oxygen atoms in total. The third-order valence-corrected chi connectivity index (χ3v) is 5.55. The Morgan fingerprint density at radius 2 is 1.36 bits per heavy atom. The average molecular weight is 554 g/mol. The highest BCUT2D eigenvalue weighted by Crippen LogP contribution is 2.39. The molecule has 1 aromatic heterocycles. The molecule has 0 saturated carbocycles. The lowest BCUT2D eigenvalue weighted by molar-refractivity contribution is 0.0969. The van der Waals surface area contributed by atoms with Gasteiger partial charge in [-0.15, -0.1) is 17.0 Å². The largest absolute Gasteiger partial charge is 0.502 e. The van der Waals surface area contributed by atoms with E-state index in [0.29, 0.717) is 12.1 Å². The van der Waals surface area contributed by atoms with Crippen LogP contribution in [0.5, 0.6) is 17.2 Å².